The van der Waals surface area contributed by atoms with Gasteiger partial charge in [0.2, 0.25) is 0 Å². The van der Waals surface area contributed by atoms with Gasteiger partial charge in [-0.05, 0) is 12.8 Å². The second-order valence-corrected chi connectivity index (χ2v) is 7.02. The van der Waals surface area contributed by atoms with Crippen LogP contribution in [-0.2, 0) is 11.8 Å². The number of amides is 2. The van der Waals surface area contributed by atoms with Crippen molar-refractivity contribution in [3.05, 3.63) is 36.5 Å². The Bertz CT molecular complexity index is 750. The van der Waals surface area contributed by atoms with E-state index in [9.17, 15) is 4.79 Å². The maximum atomic E-state index is 12.8. The molecule has 0 radical (unpaired) electrons. The molecule has 1 aliphatic carbocycles. The molecule has 0 unspecified atom stereocenters. The van der Waals surface area contributed by atoms with E-state index >= 15 is 0 Å². The van der Waals surface area contributed by atoms with Crippen molar-refractivity contribution in [2.24, 2.45) is 7.05 Å². The van der Waals surface area contributed by atoms with Crippen molar-refractivity contribution in [3.63, 3.8) is 0 Å². The maximum absolute atomic E-state index is 12.8. The molecule has 132 valence electrons. The maximum Gasteiger partial charge on any atom is 0.322 e. The van der Waals surface area contributed by atoms with Crippen LogP contribution >= 0.6 is 0 Å². The molecular weight excluding hydrogens is 316 g/mol. The summed E-state index contributed by atoms with van der Waals surface area (Å²) >= 11 is 0. The average Bonchev–Trinajstić information content (AvgIpc) is 3.22. The summed E-state index contributed by atoms with van der Waals surface area (Å²) in [4.78, 5) is 14.7. The van der Waals surface area contributed by atoms with Crippen LogP contribution in [0.4, 0.5) is 10.5 Å². The van der Waals surface area contributed by atoms with Gasteiger partial charge in [0.25, 0.3) is 0 Å². The summed E-state index contributed by atoms with van der Waals surface area (Å²) in [6, 6.07) is 9.85. The van der Waals surface area contributed by atoms with Gasteiger partial charge in [-0.3, -0.25) is 4.68 Å². The Labute approximate surface area is 147 Å². The molecule has 6 nitrogen and oxygen atoms in total. The van der Waals surface area contributed by atoms with Gasteiger partial charge in [-0.1, -0.05) is 43.2 Å². The Hall–Kier alpha value is -2.34. The van der Waals surface area contributed by atoms with E-state index in [1.807, 2.05) is 48.5 Å². The van der Waals surface area contributed by atoms with E-state index in [0.717, 1.165) is 29.8 Å². The van der Waals surface area contributed by atoms with Crippen LogP contribution in [0.25, 0.3) is 11.3 Å². The predicted octanol–water partition coefficient (Wildman–Crippen LogP) is 3.26. The Kier molecular flexibility index (Phi) is 4.21. The van der Waals surface area contributed by atoms with Gasteiger partial charge in [-0.25, -0.2) is 4.79 Å². The molecule has 1 aromatic heterocycles. The van der Waals surface area contributed by atoms with Gasteiger partial charge in [0.05, 0.1) is 24.4 Å². The highest BCUT2D eigenvalue weighted by Gasteiger charge is 2.40. The molecule has 6 heteroatoms. The number of morpholine rings is 1. The van der Waals surface area contributed by atoms with Gasteiger partial charge >= 0.3 is 6.03 Å². The van der Waals surface area contributed by atoms with Gasteiger partial charge in [0.15, 0.2) is 0 Å². The number of nitrogens with zero attached hydrogens (tertiary/aromatic N) is 3. The third kappa shape index (κ3) is 3.26. The number of carbonyl (C=O) groups is 1. The summed E-state index contributed by atoms with van der Waals surface area (Å²) in [5.41, 5.74) is 2.41. The van der Waals surface area contributed by atoms with Crippen LogP contribution in [0.2, 0.25) is 0 Å². The molecule has 4 rings (SSSR count). The summed E-state index contributed by atoms with van der Waals surface area (Å²) in [5, 5.41) is 7.56. The summed E-state index contributed by atoms with van der Waals surface area (Å²) in [7, 11) is 1.87. The van der Waals surface area contributed by atoms with Gasteiger partial charge in [0, 0.05) is 25.4 Å². The average molecular weight is 340 g/mol. The lowest BCUT2D eigenvalue weighted by atomic mass is 10.00. The van der Waals surface area contributed by atoms with Crippen LogP contribution < -0.4 is 5.32 Å². The molecule has 2 amide bonds. The SMILES string of the molecule is Cn1cc(NC(=O)N2CCOC3(CCCC3)C2)c(-c2ccccc2)n1. The Morgan fingerprint density at radius 2 is 2.00 bits per heavy atom. The lowest BCUT2D eigenvalue weighted by Crippen LogP contribution is -2.53. The number of nitrogens with one attached hydrogen (secondary N) is 1. The smallest absolute Gasteiger partial charge is 0.322 e. The Balaban J connectivity index is 1.51. The highest BCUT2D eigenvalue weighted by Crippen LogP contribution is 2.36. The number of aromatic nitrogens is 2. The van der Waals surface area contributed by atoms with Gasteiger partial charge in [0.1, 0.15) is 5.69 Å². The molecule has 2 fully saturated rings. The molecule has 0 bridgehead atoms. The van der Waals surface area contributed by atoms with Crippen LogP contribution in [-0.4, -0.2) is 46.0 Å². The number of hydrogen-bond acceptors (Lipinski definition) is 3. The minimum atomic E-state index is -0.118. The Morgan fingerprint density at radius 1 is 1.24 bits per heavy atom. The third-order valence-corrected chi connectivity index (χ3v) is 5.17. The molecule has 1 saturated carbocycles. The fourth-order valence-electron chi connectivity index (χ4n) is 3.92. The summed E-state index contributed by atoms with van der Waals surface area (Å²) < 4.78 is 7.75. The Morgan fingerprint density at radius 3 is 2.76 bits per heavy atom. The summed E-state index contributed by atoms with van der Waals surface area (Å²) in [6.07, 6.45) is 6.34. The standard InChI is InChI=1S/C19H24N4O2/c1-22-13-16(17(21-22)15-7-3-2-4-8-15)20-18(24)23-11-12-25-19(14-23)9-5-6-10-19/h2-4,7-8,13H,5-6,9-12,14H2,1H3,(H,20,24). The lowest BCUT2D eigenvalue weighted by molar-refractivity contribution is -0.0914. The van der Waals surface area contributed by atoms with E-state index in [4.69, 9.17) is 4.74 Å². The highest BCUT2D eigenvalue weighted by atomic mass is 16.5. The quantitative estimate of drug-likeness (QED) is 0.913. The molecule has 1 spiro atoms. The zero-order valence-corrected chi connectivity index (χ0v) is 14.6. The molecular formula is C19H24N4O2. The van der Waals surface area contributed by atoms with Crippen molar-refractivity contribution in [2.75, 3.05) is 25.0 Å². The fraction of sp³-hybridized carbons (Fsp3) is 0.474. The first kappa shape index (κ1) is 16.1. The molecule has 1 saturated heterocycles. The number of ether oxygens (including phenoxy) is 1. The largest absolute Gasteiger partial charge is 0.371 e. The number of rotatable bonds is 2. The van der Waals surface area contributed by atoms with Crippen molar-refractivity contribution >= 4 is 11.7 Å². The van der Waals surface area contributed by atoms with Crippen LogP contribution in [0.5, 0.6) is 0 Å². The van der Waals surface area contributed by atoms with Crippen molar-refractivity contribution in [1.82, 2.24) is 14.7 Å². The monoisotopic (exact) mass is 340 g/mol. The lowest BCUT2D eigenvalue weighted by Gasteiger charge is -2.40. The second-order valence-electron chi connectivity index (χ2n) is 7.02. The van der Waals surface area contributed by atoms with Crippen molar-refractivity contribution in [3.8, 4) is 11.3 Å². The second kappa shape index (κ2) is 6.52. The van der Waals surface area contributed by atoms with Gasteiger partial charge in [-0.2, -0.15) is 5.10 Å². The van der Waals surface area contributed by atoms with E-state index in [0.29, 0.717) is 19.7 Å². The minimum absolute atomic E-state index is 0.0697. The summed E-state index contributed by atoms with van der Waals surface area (Å²) in [6.45, 7) is 1.93. The first-order valence-electron chi connectivity index (χ1n) is 8.94. The molecule has 25 heavy (non-hydrogen) atoms. The van der Waals surface area contributed by atoms with E-state index < -0.39 is 0 Å². The number of benzene rings is 1. The molecule has 2 aromatic rings. The van der Waals surface area contributed by atoms with Gasteiger partial charge in [-0.15, -0.1) is 0 Å². The number of carbonyl (C=O) groups excluding carboxylic acids is 1. The van der Waals surface area contributed by atoms with Crippen molar-refractivity contribution in [2.45, 2.75) is 31.3 Å². The van der Waals surface area contributed by atoms with E-state index in [-0.39, 0.29) is 11.6 Å². The zero-order valence-electron chi connectivity index (χ0n) is 14.6. The topological polar surface area (TPSA) is 59.4 Å². The molecule has 1 aromatic carbocycles. The van der Waals surface area contributed by atoms with Crippen LogP contribution in [0.15, 0.2) is 36.5 Å². The van der Waals surface area contributed by atoms with Crippen LogP contribution in [0.3, 0.4) is 0 Å². The van der Waals surface area contributed by atoms with Gasteiger partial charge < -0.3 is 15.0 Å². The predicted molar refractivity (Wildman–Crippen MR) is 96.4 cm³/mol. The third-order valence-electron chi connectivity index (χ3n) is 5.17. The first-order chi connectivity index (χ1) is 12.2. The van der Waals surface area contributed by atoms with Crippen LogP contribution in [0, 0.1) is 0 Å². The highest BCUT2D eigenvalue weighted by molar-refractivity contribution is 5.93. The molecule has 2 heterocycles. The summed E-state index contributed by atoms with van der Waals surface area (Å²) in [5.74, 6) is 0. The minimum Gasteiger partial charge on any atom is -0.371 e. The number of anilines is 1. The molecule has 0 atom stereocenters. The van der Waals surface area contributed by atoms with E-state index in [1.165, 1.54) is 12.8 Å². The zero-order chi connectivity index (χ0) is 17.3. The molecule has 1 aliphatic heterocycles. The normalized spacial score (nSPS) is 19.3. The van der Waals surface area contributed by atoms with Crippen molar-refractivity contribution < 1.29 is 9.53 Å². The molecule has 2 aliphatic rings. The first-order valence-corrected chi connectivity index (χ1v) is 8.94. The fourth-order valence-corrected chi connectivity index (χ4v) is 3.92. The number of aryl methyl sites for hydroxylation is 1. The van der Waals surface area contributed by atoms with E-state index in [1.54, 1.807) is 4.68 Å². The number of hydrogen-bond donors (Lipinski definition) is 1. The number of urea groups is 1. The van der Waals surface area contributed by atoms with E-state index in [2.05, 4.69) is 10.4 Å². The molecule has 1 N–H and O–H groups in total. The van der Waals surface area contributed by atoms with Crippen molar-refractivity contribution in [1.29, 1.82) is 0 Å². The van der Waals surface area contributed by atoms with Crippen LogP contribution in [0.1, 0.15) is 25.7 Å².